The molecule has 0 unspecified atom stereocenters. The number of hydrogen-bond acceptors (Lipinski definition) is 4. The minimum atomic E-state index is -1.05. The van der Waals surface area contributed by atoms with E-state index in [0.717, 1.165) is 0 Å². The summed E-state index contributed by atoms with van der Waals surface area (Å²) in [5, 5.41) is 21.5. The maximum atomic E-state index is 13.4. The van der Waals surface area contributed by atoms with Crippen LogP contribution in [0.2, 0.25) is 0 Å². The number of nitrogens with zero attached hydrogens (tertiary/aromatic N) is 2. The van der Waals surface area contributed by atoms with Crippen molar-refractivity contribution in [2.75, 3.05) is 13.1 Å². The van der Waals surface area contributed by atoms with Gasteiger partial charge >= 0.3 is 5.97 Å². The third-order valence-corrected chi connectivity index (χ3v) is 5.95. The molecule has 4 aliphatic rings. The predicted molar refractivity (Wildman–Crippen MR) is 79.1 cm³/mol. The Hall–Kier alpha value is -1.68. The SMILES string of the molecule is N#C[C@@H]1C[C@H](F)CN1CC(=O)NC12CCC(C(=O)O)(CC1)CC2. The first-order chi connectivity index (χ1) is 10.9. The van der Waals surface area contributed by atoms with Crippen LogP contribution in [0.5, 0.6) is 0 Å². The Morgan fingerprint density at radius 2 is 1.87 bits per heavy atom. The van der Waals surface area contributed by atoms with Crippen LogP contribution in [-0.4, -0.2) is 52.7 Å². The molecule has 4 rings (SSSR count). The fourth-order valence-electron chi connectivity index (χ4n) is 4.37. The molecule has 2 N–H and O–H groups in total. The minimum absolute atomic E-state index is 0.0322. The average Bonchev–Trinajstić information content (AvgIpc) is 2.88. The van der Waals surface area contributed by atoms with Gasteiger partial charge in [-0.3, -0.25) is 14.5 Å². The molecule has 3 saturated carbocycles. The van der Waals surface area contributed by atoms with Crippen LogP contribution < -0.4 is 5.32 Å². The molecule has 0 radical (unpaired) electrons. The topological polar surface area (TPSA) is 93.4 Å². The van der Waals surface area contributed by atoms with Crippen molar-refractivity contribution in [3.63, 3.8) is 0 Å². The molecule has 1 amide bonds. The third kappa shape index (κ3) is 2.92. The molecule has 0 aromatic heterocycles. The number of nitrogens with one attached hydrogen (secondary N) is 1. The number of aliphatic carboxylic acids is 1. The number of likely N-dealkylation sites (tertiary alicyclic amines) is 1. The summed E-state index contributed by atoms with van der Waals surface area (Å²) in [6.45, 7) is 0.158. The summed E-state index contributed by atoms with van der Waals surface area (Å²) < 4.78 is 13.4. The van der Waals surface area contributed by atoms with E-state index in [1.165, 1.54) is 0 Å². The highest BCUT2D eigenvalue weighted by Crippen LogP contribution is 2.52. The van der Waals surface area contributed by atoms with Gasteiger partial charge in [-0.2, -0.15) is 5.26 Å². The second kappa shape index (κ2) is 5.75. The van der Waals surface area contributed by atoms with E-state index in [9.17, 15) is 19.1 Å². The molecule has 7 heteroatoms. The number of hydrogen-bond donors (Lipinski definition) is 2. The van der Waals surface area contributed by atoms with E-state index in [0.29, 0.717) is 38.5 Å². The minimum Gasteiger partial charge on any atom is -0.481 e. The molecule has 1 heterocycles. The number of alkyl halides is 1. The van der Waals surface area contributed by atoms with Crippen molar-refractivity contribution in [3.05, 3.63) is 0 Å². The number of halogens is 1. The van der Waals surface area contributed by atoms with Gasteiger partial charge in [0, 0.05) is 18.5 Å². The smallest absolute Gasteiger partial charge is 0.309 e. The van der Waals surface area contributed by atoms with Gasteiger partial charge in [0.15, 0.2) is 0 Å². The molecule has 0 aromatic carbocycles. The highest BCUT2D eigenvalue weighted by molar-refractivity contribution is 5.80. The first-order valence-electron chi connectivity index (χ1n) is 8.20. The van der Waals surface area contributed by atoms with E-state index >= 15 is 0 Å². The average molecular weight is 323 g/mol. The molecule has 0 aromatic rings. The van der Waals surface area contributed by atoms with Crippen molar-refractivity contribution in [2.24, 2.45) is 5.41 Å². The summed E-state index contributed by atoms with van der Waals surface area (Å²) >= 11 is 0. The summed E-state index contributed by atoms with van der Waals surface area (Å²) in [5.74, 6) is -0.913. The number of carbonyl (C=O) groups is 2. The molecule has 1 saturated heterocycles. The van der Waals surface area contributed by atoms with Crippen LogP contribution >= 0.6 is 0 Å². The van der Waals surface area contributed by atoms with Gasteiger partial charge in [0.25, 0.3) is 0 Å². The lowest BCUT2D eigenvalue weighted by Crippen LogP contribution is -2.59. The van der Waals surface area contributed by atoms with Crippen LogP contribution in [0.25, 0.3) is 0 Å². The number of carbonyl (C=O) groups excluding carboxylic acids is 1. The molecular formula is C16H22FN3O3. The van der Waals surface area contributed by atoms with Crippen LogP contribution in [-0.2, 0) is 9.59 Å². The van der Waals surface area contributed by atoms with Gasteiger partial charge in [-0.15, -0.1) is 0 Å². The third-order valence-electron chi connectivity index (χ3n) is 5.95. The lowest BCUT2D eigenvalue weighted by atomic mass is 9.57. The van der Waals surface area contributed by atoms with Crippen LogP contribution in [0.4, 0.5) is 4.39 Å². The summed E-state index contributed by atoms with van der Waals surface area (Å²) in [6.07, 6.45) is 2.94. The lowest BCUT2D eigenvalue weighted by Gasteiger charge is -2.51. The first kappa shape index (κ1) is 16.2. The molecule has 2 bridgehead atoms. The van der Waals surface area contributed by atoms with E-state index in [4.69, 9.17) is 5.26 Å². The van der Waals surface area contributed by atoms with Gasteiger partial charge in [0.05, 0.1) is 18.0 Å². The fourth-order valence-corrected chi connectivity index (χ4v) is 4.37. The monoisotopic (exact) mass is 323 g/mol. The van der Waals surface area contributed by atoms with Gasteiger partial charge in [0.2, 0.25) is 5.91 Å². The van der Waals surface area contributed by atoms with Crippen molar-refractivity contribution in [2.45, 2.75) is 62.7 Å². The van der Waals surface area contributed by atoms with Gasteiger partial charge < -0.3 is 10.4 Å². The second-order valence-corrected chi connectivity index (χ2v) is 7.32. The molecule has 4 fully saturated rings. The molecule has 0 spiro atoms. The molecule has 6 nitrogen and oxygen atoms in total. The quantitative estimate of drug-likeness (QED) is 0.811. The number of rotatable bonds is 4. The maximum absolute atomic E-state index is 13.4. The fraction of sp³-hybridized carbons (Fsp3) is 0.812. The van der Waals surface area contributed by atoms with E-state index in [1.54, 1.807) is 4.90 Å². The molecular weight excluding hydrogens is 301 g/mol. The van der Waals surface area contributed by atoms with Crippen molar-refractivity contribution >= 4 is 11.9 Å². The molecule has 23 heavy (non-hydrogen) atoms. The van der Waals surface area contributed by atoms with Crippen molar-refractivity contribution in [1.82, 2.24) is 10.2 Å². The normalized spacial score (nSPS) is 39.8. The van der Waals surface area contributed by atoms with E-state index in [2.05, 4.69) is 5.32 Å². The van der Waals surface area contributed by atoms with Crippen molar-refractivity contribution in [1.29, 1.82) is 5.26 Å². The summed E-state index contributed by atoms with van der Waals surface area (Å²) in [5.41, 5.74) is -0.917. The zero-order chi connectivity index (χ0) is 16.7. The zero-order valence-corrected chi connectivity index (χ0v) is 13.1. The lowest BCUT2D eigenvalue weighted by molar-refractivity contribution is -0.157. The Balaban J connectivity index is 1.57. The molecule has 2 atom stereocenters. The number of fused-ring (bicyclic) bond motifs is 3. The zero-order valence-electron chi connectivity index (χ0n) is 13.1. The molecule has 3 aliphatic carbocycles. The Morgan fingerprint density at radius 1 is 1.26 bits per heavy atom. The summed E-state index contributed by atoms with van der Waals surface area (Å²) in [7, 11) is 0. The second-order valence-electron chi connectivity index (χ2n) is 7.32. The van der Waals surface area contributed by atoms with E-state index < -0.39 is 23.6 Å². The number of amides is 1. The summed E-state index contributed by atoms with van der Waals surface area (Å²) in [4.78, 5) is 25.3. The van der Waals surface area contributed by atoms with Gasteiger partial charge in [0.1, 0.15) is 12.2 Å². The van der Waals surface area contributed by atoms with Crippen molar-refractivity contribution < 1.29 is 19.1 Å². The Labute approximate surface area is 134 Å². The first-order valence-corrected chi connectivity index (χ1v) is 8.20. The molecule has 126 valence electrons. The highest BCUT2D eigenvalue weighted by atomic mass is 19.1. The van der Waals surface area contributed by atoms with Crippen molar-refractivity contribution in [3.8, 4) is 6.07 Å². The van der Waals surface area contributed by atoms with E-state index in [-0.39, 0.29) is 31.0 Å². The highest BCUT2D eigenvalue weighted by Gasteiger charge is 2.53. The Morgan fingerprint density at radius 3 is 2.39 bits per heavy atom. The number of nitriles is 1. The van der Waals surface area contributed by atoms with Crippen LogP contribution in [0, 0.1) is 16.7 Å². The predicted octanol–water partition coefficient (Wildman–Crippen LogP) is 1.22. The maximum Gasteiger partial charge on any atom is 0.309 e. The van der Waals surface area contributed by atoms with Crippen LogP contribution in [0.3, 0.4) is 0 Å². The summed E-state index contributed by atoms with van der Waals surface area (Å²) in [6, 6.07) is 1.51. The number of carboxylic acid groups (broad SMARTS) is 1. The van der Waals surface area contributed by atoms with Gasteiger partial charge in [-0.25, -0.2) is 4.39 Å². The van der Waals surface area contributed by atoms with Gasteiger partial charge in [-0.05, 0) is 38.5 Å². The number of carboxylic acids is 1. The largest absolute Gasteiger partial charge is 0.481 e. The van der Waals surface area contributed by atoms with Crippen LogP contribution in [0.1, 0.15) is 44.9 Å². The standard InChI is InChI=1S/C16H22FN3O3/c17-11-7-12(8-18)20(9-11)10-13(21)19-16-4-1-15(2-5-16,3-6-16)14(22)23/h11-12H,1-7,9-10H2,(H,19,21)(H,22,23)/t11-,12-,15?,16?/m0/s1. The van der Waals surface area contributed by atoms with E-state index in [1.807, 2.05) is 6.07 Å². The van der Waals surface area contributed by atoms with Gasteiger partial charge in [-0.1, -0.05) is 0 Å². The molecule has 1 aliphatic heterocycles. The van der Waals surface area contributed by atoms with Crippen LogP contribution in [0.15, 0.2) is 0 Å². The Bertz CT molecular complexity index is 535. The Kier molecular flexibility index (Phi) is 4.05.